The Morgan fingerprint density at radius 1 is 1.62 bits per heavy atom. The number of hydrogen-bond donors (Lipinski definition) is 1. The molecular weight excluding hydrogens is 164 g/mol. The van der Waals surface area contributed by atoms with Gasteiger partial charge in [0, 0.05) is 24.4 Å². The Hall–Kier alpha value is -1.22. The molecule has 0 saturated heterocycles. The van der Waals surface area contributed by atoms with Gasteiger partial charge in [-0.3, -0.25) is 9.78 Å². The highest BCUT2D eigenvalue weighted by atomic mass is 16.1. The predicted molar refractivity (Wildman–Crippen MR) is 51.7 cm³/mol. The van der Waals surface area contributed by atoms with Gasteiger partial charge in [-0.2, -0.15) is 0 Å². The second kappa shape index (κ2) is 5.43. The van der Waals surface area contributed by atoms with Crippen molar-refractivity contribution in [2.75, 3.05) is 13.6 Å². The molecule has 0 aliphatic heterocycles. The molecule has 0 bridgehead atoms. The Kier molecular flexibility index (Phi) is 4.12. The van der Waals surface area contributed by atoms with E-state index in [2.05, 4.69) is 10.3 Å². The number of ketones is 1. The van der Waals surface area contributed by atoms with E-state index in [1.165, 1.54) is 0 Å². The molecule has 0 spiro atoms. The Bertz CT molecular complexity index is 259. The molecule has 1 N–H and O–H groups in total. The number of nitrogens with zero attached hydrogens (tertiary/aromatic N) is 1. The topological polar surface area (TPSA) is 42.0 Å². The summed E-state index contributed by atoms with van der Waals surface area (Å²) in [7, 11) is 1.88. The zero-order chi connectivity index (χ0) is 9.52. The van der Waals surface area contributed by atoms with Gasteiger partial charge >= 0.3 is 0 Å². The monoisotopic (exact) mass is 178 g/mol. The van der Waals surface area contributed by atoms with Gasteiger partial charge in [-0.1, -0.05) is 0 Å². The van der Waals surface area contributed by atoms with Crippen LogP contribution in [0, 0.1) is 0 Å². The van der Waals surface area contributed by atoms with Gasteiger partial charge in [0.1, 0.15) is 0 Å². The summed E-state index contributed by atoms with van der Waals surface area (Å²) in [5.74, 6) is 0.170. The first-order chi connectivity index (χ1) is 6.34. The Morgan fingerprint density at radius 2 is 2.46 bits per heavy atom. The lowest BCUT2D eigenvalue weighted by molar-refractivity contribution is 0.0980. The van der Waals surface area contributed by atoms with Gasteiger partial charge in [-0.05, 0) is 32.1 Å². The van der Waals surface area contributed by atoms with E-state index in [9.17, 15) is 4.79 Å². The third-order valence-corrected chi connectivity index (χ3v) is 1.81. The first-order valence-electron chi connectivity index (χ1n) is 4.42. The van der Waals surface area contributed by atoms with Crippen LogP contribution in [0.5, 0.6) is 0 Å². The molecule has 13 heavy (non-hydrogen) atoms. The van der Waals surface area contributed by atoms with Crippen molar-refractivity contribution in [2.45, 2.75) is 12.8 Å². The van der Waals surface area contributed by atoms with Crippen LogP contribution in [0.1, 0.15) is 23.2 Å². The maximum Gasteiger partial charge on any atom is 0.164 e. The largest absolute Gasteiger partial charge is 0.320 e. The summed E-state index contributed by atoms with van der Waals surface area (Å²) in [6.45, 7) is 0.881. The van der Waals surface area contributed by atoms with E-state index in [4.69, 9.17) is 0 Å². The maximum absolute atomic E-state index is 11.5. The van der Waals surface area contributed by atoms with E-state index in [-0.39, 0.29) is 5.78 Å². The smallest absolute Gasteiger partial charge is 0.164 e. The van der Waals surface area contributed by atoms with Gasteiger partial charge in [0.25, 0.3) is 0 Å². The second-order valence-electron chi connectivity index (χ2n) is 2.87. The summed E-state index contributed by atoms with van der Waals surface area (Å²) in [4.78, 5) is 15.3. The first-order valence-corrected chi connectivity index (χ1v) is 4.42. The summed E-state index contributed by atoms with van der Waals surface area (Å²) in [5, 5.41) is 3.01. The van der Waals surface area contributed by atoms with E-state index >= 15 is 0 Å². The molecule has 3 heteroatoms. The molecule has 0 amide bonds. The molecule has 1 aromatic rings. The summed E-state index contributed by atoms with van der Waals surface area (Å²) in [6.07, 6.45) is 4.75. The normalized spacial score (nSPS) is 9.92. The molecule has 0 aromatic carbocycles. The zero-order valence-electron chi connectivity index (χ0n) is 7.79. The van der Waals surface area contributed by atoms with Gasteiger partial charge < -0.3 is 5.32 Å². The van der Waals surface area contributed by atoms with Crippen molar-refractivity contribution < 1.29 is 4.79 Å². The van der Waals surface area contributed by atoms with Crippen molar-refractivity contribution in [1.82, 2.24) is 10.3 Å². The molecule has 1 rings (SSSR count). The minimum atomic E-state index is 0.170. The Balaban J connectivity index is 2.40. The molecule has 0 unspecified atom stereocenters. The Morgan fingerprint density at radius 3 is 3.08 bits per heavy atom. The fourth-order valence-corrected chi connectivity index (χ4v) is 1.10. The lowest BCUT2D eigenvalue weighted by Gasteiger charge is -1.99. The standard InChI is InChI=1S/C10H14N2O/c1-11-6-3-5-10(13)9-4-2-7-12-8-9/h2,4,7-8,11H,3,5-6H2,1H3. The summed E-state index contributed by atoms with van der Waals surface area (Å²) >= 11 is 0. The van der Waals surface area contributed by atoms with Crippen LogP contribution in [0.2, 0.25) is 0 Å². The number of hydrogen-bond acceptors (Lipinski definition) is 3. The number of Topliss-reactive ketones (excluding diaryl/α,β-unsaturated/α-hetero) is 1. The highest BCUT2D eigenvalue weighted by molar-refractivity contribution is 5.95. The lowest BCUT2D eigenvalue weighted by atomic mass is 10.1. The van der Waals surface area contributed by atoms with Crippen LogP contribution in [0.4, 0.5) is 0 Å². The Labute approximate surface area is 78.2 Å². The molecule has 3 nitrogen and oxygen atoms in total. The number of pyridine rings is 1. The van der Waals surface area contributed by atoms with E-state index in [0.717, 1.165) is 13.0 Å². The molecule has 0 radical (unpaired) electrons. The number of aromatic nitrogens is 1. The maximum atomic E-state index is 11.5. The molecule has 0 atom stereocenters. The van der Waals surface area contributed by atoms with E-state index in [1.54, 1.807) is 24.5 Å². The van der Waals surface area contributed by atoms with Crippen molar-refractivity contribution in [1.29, 1.82) is 0 Å². The minimum Gasteiger partial charge on any atom is -0.320 e. The van der Waals surface area contributed by atoms with Crippen LogP contribution in [0.15, 0.2) is 24.5 Å². The van der Waals surface area contributed by atoms with Gasteiger partial charge in [0.2, 0.25) is 0 Å². The van der Waals surface area contributed by atoms with Crippen molar-refractivity contribution in [3.05, 3.63) is 30.1 Å². The lowest BCUT2D eigenvalue weighted by Crippen LogP contribution is -2.10. The van der Waals surface area contributed by atoms with Crippen molar-refractivity contribution in [3.8, 4) is 0 Å². The summed E-state index contributed by atoms with van der Waals surface area (Å²) in [5.41, 5.74) is 0.707. The molecule has 70 valence electrons. The predicted octanol–water partition coefficient (Wildman–Crippen LogP) is 1.26. The van der Waals surface area contributed by atoms with E-state index in [0.29, 0.717) is 12.0 Å². The molecule has 0 aliphatic carbocycles. The molecule has 0 fully saturated rings. The number of rotatable bonds is 5. The third kappa shape index (κ3) is 3.34. The van der Waals surface area contributed by atoms with Crippen molar-refractivity contribution in [3.63, 3.8) is 0 Å². The SMILES string of the molecule is CNCCCC(=O)c1cccnc1. The van der Waals surface area contributed by atoms with Gasteiger partial charge in [-0.15, -0.1) is 0 Å². The molecular formula is C10H14N2O. The summed E-state index contributed by atoms with van der Waals surface area (Å²) < 4.78 is 0. The highest BCUT2D eigenvalue weighted by Crippen LogP contribution is 2.02. The molecule has 0 aliphatic rings. The van der Waals surface area contributed by atoms with Gasteiger partial charge in [0.05, 0.1) is 0 Å². The van der Waals surface area contributed by atoms with Crippen LogP contribution < -0.4 is 5.32 Å². The van der Waals surface area contributed by atoms with Crippen LogP contribution in [0.25, 0.3) is 0 Å². The average molecular weight is 178 g/mol. The molecule has 1 heterocycles. The van der Waals surface area contributed by atoms with Gasteiger partial charge in [0.15, 0.2) is 5.78 Å². The van der Waals surface area contributed by atoms with Crippen molar-refractivity contribution >= 4 is 5.78 Å². The quantitative estimate of drug-likeness (QED) is 0.545. The van der Waals surface area contributed by atoms with Crippen LogP contribution in [0.3, 0.4) is 0 Å². The third-order valence-electron chi connectivity index (χ3n) is 1.81. The number of carbonyl (C=O) groups excluding carboxylic acids is 1. The number of nitrogens with one attached hydrogen (secondary N) is 1. The zero-order valence-corrected chi connectivity index (χ0v) is 7.79. The van der Waals surface area contributed by atoms with Crippen LogP contribution in [-0.2, 0) is 0 Å². The van der Waals surface area contributed by atoms with Crippen LogP contribution in [-0.4, -0.2) is 24.4 Å². The van der Waals surface area contributed by atoms with Crippen molar-refractivity contribution in [2.24, 2.45) is 0 Å². The fourth-order valence-electron chi connectivity index (χ4n) is 1.10. The van der Waals surface area contributed by atoms with Crippen LogP contribution >= 0.6 is 0 Å². The van der Waals surface area contributed by atoms with Gasteiger partial charge in [-0.25, -0.2) is 0 Å². The fraction of sp³-hybridized carbons (Fsp3) is 0.400. The van der Waals surface area contributed by atoms with E-state index < -0.39 is 0 Å². The molecule has 0 saturated carbocycles. The average Bonchev–Trinajstić information content (AvgIpc) is 2.19. The summed E-state index contributed by atoms with van der Waals surface area (Å²) in [6, 6.07) is 3.58. The highest BCUT2D eigenvalue weighted by Gasteiger charge is 2.03. The molecule has 1 aromatic heterocycles. The first kappa shape index (κ1) is 9.86. The van der Waals surface area contributed by atoms with E-state index in [1.807, 2.05) is 7.05 Å². The number of carbonyl (C=O) groups is 1. The minimum absolute atomic E-state index is 0.170. The second-order valence-corrected chi connectivity index (χ2v) is 2.87.